The van der Waals surface area contributed by atoms with Gasteiger partial charge in [0.2, 0.25) is 0 Å². The number of hydrogen-bond donors (Lipinski definition) is 2. The van der Waals surface area contributed by atoms with Crippen molar-refractivity contribution in [1.29, 1.82) is 0 Å². The molecule has 0 aliphatic rings. The SMILES string of the molecule is Cc1ccc(C(C)(C)CNc2ccc(C)cc2N)cc1. The van der Waals surface area contributed by atoms with Gasteiger partial charge in [0.05, 0.1) is 11.4 Å². The third-order valence-electron chi connectivity index (χ3n) is 3.76. The molecule has 0 aromatic heterocycles. The fourth-order valence-electron chi connectivity index (χ4n) is 2.27. The molecule has 2 aromatic rings. The van der Waals surface area contributed by atoms with Crippen molar-refractivity contribution in [3.63, 3.8) is 0 Å². The van der Waals surface area contributed by atoms with Crippen molar-refractivity contribution in [3.8, 4) is 0 Å². The van der Waals surface area contributed by atoms with Crippen LogP contribution in [0.2, 0.25) is 0 Å². The second kappa shape index (κ2) is 5.58. The number of nitrogens with two attached hydrogens (primary N) is 1. The normalized spacial score (nSPS) is 11.4. The molecule has 2 rings (SSSR count). The average molecular weight is 268 g/mol. The lowest BCUT2D eigenvalue weighted by molar-refractivity contribution is 0.557. The Morgan fingerprint density at radius 2 is 1.55 bits per heavy atom. The fraction of sp³-hybridized carbons (Fsp3) is 0.333. The average Bonchev–Trinajstić information content (AvgIpc) is 2.38. The maximum absolute atomic E-state index is 6.05. The van der Waals surface area contributed by atoms with Crippen LogP contribution in [-0.4, -0.2) is 6.54 Å². The summed E-state index contributed by atoms with van der Waals surface area (Å²) in [5.41, 5.74) is 11.7. The van der Waals surface area contributed by atoms with E-state index in [4.69, 9.17) is 5.73 Å². The molecule has 0 saturated carbocycles. The van der Waals surface area contributed by atoms with Gasteiger partial charge >= 0.3 is 0 Å². The zero-order chi connectivity index (χ0) is 14.8. The number of nitrogen functional groups attached to an aromatic ring is 1. The zero-order valence-corrected chi connectivity index (χ0v) is 12.8. The molecule has 0 saturated heterocycles. The predicted octanol–water partition coefficient (Wildman–Crippen LogP) is 4.28. The van der Waals surface area contributed by atoms with Gasteiger partial charge in [-0.15, -0.1) is 0 Å². The molecule has 0 radical (unpaired) electrons. The molecule has 0 spiro atoms. The molecule has 0 amide bonds. The Hall–Kier alpha value is -1.96. The Morgan fingerprint density at radius 1 is 0.950 bits per heavy atom. The van der Waals surface area contributed by atoms with Gasteiger partial charge in [0.15, 0.2) is 0 Å². The molecule has 0 unspecified atom stereocenters. The summed E-state index contributed by atoms with van der Waals surface area (Å²) in [5, 5.41) is 3.47. The highest BCUT2D eigenvalue weighted by atomic mass is 14.9. The predicted molar refractivity (Wildman–Crippen MR) is 88.3 cm³/mol. The molecule has 0 fully saturated rings. The van der Waals surface area contributed by atoms with Crippen molar-refractivity contribution in [2.24, 2.45) is 0 Å². The first-order valence-corrected chi connectivity index (χ1v) is 7.06. The topological polar surface area (TPSA) is 38.0 Å². The molecule has 106 valence electrons. The fourth-order valence-corrected chi connectivity index (χ4v) is 2.27. The highest BCUT2D eigenvalue weighted by molar-refractivity contribution is 5.67. The van der Waals surface area contributed by atoms with Crippen molar-refractivity contribution in [2.45, 2.75) is 33.1 Å². The Balaban J connectivity index is 2.10. The summed E-state index contributed by atoms with van der Waals surface area (Å²) in [7, 11) is 0. The molecule has 0 bridgehead atoms. The van der Waals surface area contributed by atoms with Gasteiger partial charge in [-0.25, -0.2) is 0 Å². The van der Waals surface area contributed by atoms with Gasteiger partial charge < -0.3 is 11.1 Å². The molecular formula is C18H24N2. The minimum Gasteiger partial charge on any atom is -0.397 e. The number of hydrogen-bond acceptors (Lipinski definition) is 2. The van der Waals surface area contributed by atoms with Crippen LogP contribution in [0.5, 0.6) is 0 Å². The molecule has 0 aliphatic heterocycles. The Kier molecular flexibility index (Phi) is 4.03. The Bertz CT molecular complexity index is 583. The molecule has 0 aliphatic carbocycles. The number of anilines is 2. The minimum absolute atomic E-state index is 0.0605. The van der Waals surface area contributed by atoms with Crippen molar-refractivity contribution < 1.29 is 0 Å². The first kappa shape index (κ1) is 14.4. The smallest absolute Gasteiger partial charge is 0.0574 e. The van der Waals surface area contributed by atoms with Crippen molar-refractivity contribution in [1.82, 2.24) is 0 Å². The van der Waals surface area contributed by atoms with Crippen LogP contribution in [0.15, 0.2) is 42.5 Å². The quantitative estimate of drug-likeness (QED) is 0.812. The van der Waals surface area contributed by atoms with E-state index in [0.717, 1.165) is 17.9 Å². The summed E-state index contributed by atoms with van der Waals surface area (Å²) in [6.07, 6.45) is 0. The number of benzene rings is 2. The molecule has 20 heavy (non-hydrogen) atoms. The number of aryl methyl sites for hydroxylation is 2. The number of nitrogens with one attached hydrogen (secondary N) is 1. The third kappa shape index (κ3) is 3.32. The van der Waals surface area contributed by atoms with Crippen molar-refractivity contribution in [2.75, 3.05) is 17.6 Å². The van der Waals surface area contributed by atoms with Gasteiger partial charge in [-0.1, -0.05) is 49.7 Å². The van der Waals surface area contributed by atoms with Crippen LogP contribution in [0.3, 0.4) is 0 Å². The van der Waals surface area contributed by atoms with Gasteiger partial charge in [0.25, 0.3) is 0 Å². The minimum atomic E-state index is 0.0605. The molecular weight excluding hydrogens is 244 g/mol. The van der Waals surface area contributed by atoms with Crippen LogP contribution >= 0.6 is 0 Å². The number of rotatable bonds is 4. The third-order valence-corrected chi connectivity index (χ3v) is 3.76. The van der Waals surface area contributed by atoms with Crippen LogP contribution in [0.1, 0.15) is 30.5 Å². The standard InChI is InChI=1S/C18H24N2/c1-13-5-8-15(9-6-13)18(3,4)12-20-17-10-7-14(2)11-16(17)19/h5-11,20H,12,19H2,1-4H3. The van der Waals surface area contributed by atoms with E-state index >= 15 is 0 Å². The van der Waals surface area contributed by atoms with E-state index in [2.05, 4.69) is 69.4 Å². The van der Waals surface area contributed by atoms with E-state index in [1.54, 1.807) is 0 Å². The van der Waals surface area contributed by atoms with Crippen LogP contribution in [0.25, 0.3) is 0 Å². The van der Waals surface area contributed by atoms with Crippen molar-refractivity contribution >= 4 is 11.4 Å². The maximum atomic E-state index is 6.05. The summed E-state index contributed by atoms with van der Waals surface area (Å²) in [6, 6.07) is 14.9. The van der Waals surface area contributed by atoms with Gasteiger partial charge in [-0.2, -0.15) is 0 Å². The van der Waals surface area contributed by atoms with E-state index in [0.29, 0.717) is 0 Å². The first-order chi connectivity index (χ1) is 9.38. The van der Waals surface area contributed by atoms with Crippen LogP contribution < -0.4 is 11.1 Å². The molecule has 2 aromatic carbocycles. The van der Waals surface area contributed by atoms with Gasteiger partial charge in [0.1, 0.15) is 0 Å². The highest BCUT2D eigenvalue weighted by Crippen LogP contribution is 2.26. The lowest BCUT2D eigenvalue weighted by Gasteiger charge is -2.27. The van der Waals surface area contributed by atoms with E-state index in [-0.39, 0.29) is 5.41 Å². The van der Waals surface area contributed by atoms with Crippen LogP contribution in [-0.2, 0) is 5.41 Å². The van der Waals surface area contributed by atoms with E-state index in [1.165, 1.54) is 16.7 Å². The molecule has 0 heterocycles. The summed E-state index contributed by atoms with van der Waals surface area (Å²) < 4.78 is 0. The molecule has 2 heteroatoms. The van der Waals surface area contributed by atoms with E-state index in [1.807, 2.05) is 6.07 Å². The molecule has 3 N–H and O–H groups in total. The summed E-state index contributed by atoms with van der Waals surface area (Å²) in [6.45, 7) is 9.51. The van der Waals surface area contributed by atoms with Crippen LogP contribution in [0, 0.1) is 13.8 Å². The van der Waals surface area contributed by atoms with E-state index < -0.39 is 0 Å². The van der Waals surface area contributed by atoms with Gasteiger partial charge in [-0.05, 0) is 37.1 Å². The molecule has 0 atom stereocenters. The summed E-state index contributed by atoms with van der Waals surface area (Å²) >= 11 is 0. The largest absolute Gasteiger partial charge is 0.397 e. The van der Waals surface area contributed by atoms with Gasteiger partial charge in [0, 0.05) is 12.0 Å². The highest BCUT2D eigenvalue weighted by Gasteiger charge is 2.20. The monoisotopic (exact) mass is 268 g/mol. The summed E-state index contributed by atoms with van der Waals surface area (Å²) in [5.74, 6) is 0. The maximum Gasteiger partial charge on any atom is 0.0574 e. The zero-order valence-electron chi connectivity index (χ0n) is 12.8. The van der Waals surface area contributed by atoms with Gasteiger partial charge in [-0.3, -0.25) is 0 Å². The lowest BCUT2D eigenvalue weighted by atomic mass is 9.84. The Labute approximate surface area is 122 Å². The molecule has 2 nitrogen and oxygen atoms in total. The van der Waals surface area contributed by atoms with Crippen molar-refractivity contribution in [3.05, 3.63) is 59.2 Å². The van der Waals surface area contributed by atoms with E-state index in [9.17, 15) is 0 Å². The van der Waals surface area contributed by atoms with Crippen LogP contribution in [0.4, 0.5) is 11.4 Å². The second-order valence-corrected chi connectivity index (χ2v) is 6.19. The first-order valence-electron chi connectivity index (χ1n) is 7.06. The Morgan fingerprint density at radius 3 is 2.15 bits per heavy atom. The second-order valence-electron chi connectivity index (χ2n) is 6.19. The lowest BCUT2D eigenvalue weighted by Crippen LogP contribution is -2.27. The summed E-state index contributed by atoms with van der Waals surface area (Å²) in [4.78, 5) is 0.